The summed E-state index contributed by atoms with van der Waals surface area (Å²) in [4.78, 5) is 0. The van der Waals surface area contributed by atoms with E-state index < -0.39 is 0 Å². The summed E-state index contributed by atoms with van der Waals surface area (Å²) in [6.07, 6.45) is 0. The van der Waals surface area contributed by atoms with E-state index in [0.29, 0.717) is 5.75 Å². The van der Waals surface area contributed by atoms with Crippen molar-refractivity contribution in [3.63, 3.8) is 0 Å². The van der Waals surface area contributed by atoms with Gasteiger partial charge in [-0.3, -0.25) is 0 Å². The van der Waals surface area contributed by atoms with Crippen molar-refractivity contribution in [1.29, 1.82) is 0 Å². The van der Waals surface area contributed by atoms with Crippen LogP contribution in [0, 0.1) is 5.82 Å². The van der Waals surface area contributed by atoms with Crippen LogP contribution in [0.15, 0.2) is 48.5 Å². The summed E-state index contributed by atoms with van der Waals surface area (Å²) < 4.78 is 23.7. The van der Waals surface area contributed by atoms with Gasteiger partial charge in [0.1, 0.15) is 17.3 Å². The number of rotatable bonds is 8. The Morgan fingerprint density at radius 1 is 0.952 bits per heavy atom. The first kappa shape index (κ1) is 15.5. The Balaban J connectivity index is 1.80. The van der Waals surface area contributed by atoms with E-state index in [0.717, 1.165) is 32.1 Å². The van der Waals surface area contributed by atoms with Crippen molar-refractivity contribution >= 4 is 0 Å². The van der Waals surface area contributed by atoms with Gasteiger partial charge in [-0.15, -0.1) is 0 Å². The maximum absolute atomic E-state index is 12.8. The van der Waals surface area contributed by atoms with Crippen molar-refractivity contribution in [2.24, 2.45) is 0 Å². The largest absolute Gasteiger partial charge is 0.457 e. The third-order valence-electron chi connectivity index (χ3n) is 2.93. The fourth-order valence-electron chi connectivity index (χ4n) is 1.84. The summed E-state index contributed by atoms with van der Waals surface area (Å²) in [7, 11) is 0. The standard InChI is InChI=1S/C17H20FNO2/c1-2-20-12-11-19-13-14-3-7-16(8-4-14)21-17-9-5-15(18)6-10-17/h3-10,19H,2,11-13H2,1H3. The number of halogens is 1. The highest BCUT2D eigenvalue weighted by molar-refractivity contribution is 5.33. The molecule has 0 aliphatic carbocycles. The average molecular weight is 289 g/mol. The summed E-state index contributed by atoms with van der Waals surface area (Å²) >= 11 is 0. The first-order valence-electron chi connectivity index (χ1n) is 7.09. The van der Waals surface area contributed by atoms with Gasteiger partial charge in [0.05, 0.1) is 6.61 Å². The molecule has 0 heterocycles. The summed E-state index contributed by atoms with van der Waals surface area (Å²) in [5.74, 6) is 1.09. The molecular weight excluding hydrogens is 269 g/mol. The molecule has 2 aromatic carbocycles. The van der Waals surface area contributed by atoms with Gasteiger partial charge in [-0.05, 0) is 48.9 Å². The molecule has 0 aliphatic heterocycles. The third kappa shape index (κ3) is 5.53. The molecule has 0 atom stereocenters. The quantitative estimate of drug-likeness (QED) is 0.751. The molecule has 0 amide bonds. The van der Waals surface area contributed by atoms with Crippen molar-refractivity contribution in [2.75, 3.05) is 19.8 Å². The molecule has 0 aromatic heterocycles. The SMILES string of the molecule is CCOCCNCc1ccc(Oc2ccc(F)cc2)cc1. The van der Waals surface area contributed by atoms with E-state index in [-0.39, 0.29) is 5.82 Å². The molecule has 0 aliphatic rings. The molecule has 3 nitrogen and oxygen atoms in total. The minimum atomic E-state index is -0.268. The number of benzene rings is 2. The van der Waals surface area contributed by atoms with Crippen molar-refractivity contribution in [3.8, 4) is 11.5 Å². The first-order valence-corrected chi connectivity index (χ1v) is 7.09. The second-order valence-corrected chi connectivity index (χ2v) is 4.57. The minimum absolute atomic E-state index is 0.268. The summed E-state index contributed by atoms with van der Waals surface area (Å²) in [5, 5.41) is 3.30. The molecular formula is C17H20FNO2. The van der Waals surface area contributed by atoms with Crippen molar-refractivity contribution in [3.05, 3.63) is 59.9 Å². The highest BCUT2D eigenvalue weighted by Crippen LogP contribution is 2.21. The van der Waals surface area contributed by atoms with Crippen molar-refractivity contribution in [1.82, 2.24) is 5.32 Å². The fraction of sp³-hybridized carbons (Fsp3) is 0.294. The monoisotopic (exact) mass is 289 g/mol. The summed E-state index contributed by atoms with van der Waals surface area (Å²) in [6.45, 7) is 5.09. The van der Waals surface area contributed by atoms with E-state index in [2.05, 4.69) is 5.32 Å². The number of hydrogen-bond donors (Lipinski definition) is 1. The van der Waals surface area contributed by atoms with Crippen LogP contribution >= 0.6 is 0 Å². The van der Waals surface area contributed by atoms with Crippen LogP contribution in [0.25, 0.3) is 0 Å². The predicted octanol–water partition coefficient (Wildman–Crippen LogP) is 3.74. The van der Waals surface area contributed by atoms with E-state index in [4.69, 9.17) is 9.47 Å². The molecule has 0 radical (unpaired) electrons. The molecule has 1 N–H and O–H groups in total. The molecule has 0 saturated carbocycles. The zero-order valence-corrected chi connectivity index (χ0v) is 12.1. The van der Waals surface area contributed by atoms with Crippen LogP contribution in [0.4, 0.5) is 4.39 Å². The molecule has 4 heteroatoms. The van der Waals surface area contributed by atoms with Crippen LogP contribution in [-0.2, 0) is 11.3 Å². The molecule has 0 unspecified atom stereocenters. The van der Waals surface area contributed by atoms with Gasteiger partial charge in [-0.25, -0.2) is 4.39 Å². The van der Waals surface area contributed by atoms with Crippen LogP contribution in [0.1, 0.15) is 12.5 Å². The zero-order chi connectivity index (χ0) is 14.9. The average Bonchev–Trinajstić information content (AvgIpc) is 2.51. The van der Waals surface area contributed by atoms with Gasteiger partial charge < -0.3 is 14.8 Å². The Labute approximate surface area is 124 Å². The van der Waals surface area contributed by atoms with Gasteiger partial charge in [0, 0.05) is 19.7 Å². The van der Waals surface area contributed by atoms with E-state index in [9.17, 15) is 4.39 Å². The third-order valence-corrected chi connectivity index (χ3v) is 2.93. The summed E-state index contributed by atoms with van der Waals surface area (Å²) in [5.41, 5.74) is 1.18. The number of hydrogen-bond acceptors (Lipinski definition) is 3. The fourth-order valence-corrected chi connectivity index (χ4v) is 1.84. The van der Waals surface area contributed by atoms with Gasteiger partial charge in [-0.1, -0.05) is 12.1 Å². The van der Waals surface area contributed by atoms with Gasteiger partial charge in [0.15, 0.2) is 0 Å². The highest BCUT2D eigenvalue weighted by atomic mass is 19.1. The van der Waals surface area contributed by atoms with Gasteiger partial charge in [0.2, 0.25) is 0 Å². The topological polar surface area (TPSA) is 30.5 Å². The lowest BCUT2D eigenvalue weighted by atomic mass is 10.2. The molecule has 21 heavy (non-hydrogen) atoms. The molecule has 0 fully saturated rings. The Bertz CT molecular complexity index is 525. The van der Waals surface area contributed by atoms with Crippen LogP contribution in [0.5, 0.6) is 11.5 Å². The van der Waals surface area contributed by atoms with Crippen molar-refractivity contribution in [2.45, 2.75) is 13.5 Å². The van der Waals surface area contributed by atoms with Crippen LogP contribution in [0.3, 0.4) is 0 Å². The molecule has 2 aromatic rings. The van der Waals surface area contributed by atoms with Gasteiger partial charge in [0.25, 0.3) is 0 Å². The maximum Gasteiger partial charge on any atom is 0.127 e. The number of nitrogens with one attached hydrogen (secondary N) is 1. The molecule has 0 bridgehead atoms. The van der Waals surface area contributed by atoms with Crippen molar-refractivity contribution < 1.29 is 13.9 Å². The Morgan fingerprint density at radius 2 is 1.57 bits per heavy atom. The lowest BCUT2D eigenvalue weighted by molar-refractivity contribution is 0.149. The smallest absolute Gasteiger partial charge is 0.127 e. The minimum Gasteiger partial charge on any atom is -0.457 e. The molecule has 0 spiro atoms. The second kappa shape index (κ2) is 8.39. The predicted molar refractivity (Wildman–Crippen MR) is 81.1 cm³/mol. The van der Waals surface area contributed by atoms with Crippen LogP contribution in [-0.4, -0.2) is 19.8 Å². The normalized spacial score (nSPS) is 10.6. The van der Waals surface area contributed by atoms with E-state index in [1.165, 1.54) is 17.7 Å². The van der Waals surface area contributed by atoms with Crippen LogP contribution in [0.2, 0.25) is 0 Å². The second-order valence-electron chi connectivity index (χ2n) is 4.57. The summed E-state index contributed by atoms with van der Waals surface area (Å²) in [6, 6.07) is 13.8. The lowest BCUT2D eigenvalue weighted by Gasteiger charge is -2.08. The Hall–Kier alpha value is -1.91. The zero-order valence-electron chi connectivity index (χ0n) is 12.1. The molecule has 2 rings (SSSR count). The van der Waals surface area contributed by atoms with Gasteiger partial charge in [-0.2, -0.15) is 0 Å². The highest BCUT2D eigenvalue weighted by Gasteiger charge is 1.99. The maximum atomic E-state index is 12.8. The molecule has 112 valence electrons. The van der Waals surface area contributed by atoms with E-state index in [1.807, 2.05) is 31.2 Å². The van der Waals surface area contributed by atoms with E-state index >= 15 is 0 Å². The first-order chi connectivity index (χ1) is 10.3. The van der Waals surface area contributed by atoms with Crippen LogP contribution < -0.4 is 10.1 Å². The number of ether oxygens (including phenoxy) is 2. The van der Waals surface area contributed by atoms with E-state index in [1.54, 1.807) is 12.1 Å². The molecule has 0 saturated heterocycles. The lowest BCUT2D eigenvalue weighted by Crippen LogP contribution is -2.19. The Morgan fingerprint density at radius 3 is 2.19 bits per heavy atom. The Kier molecular flexibility index (Phi) is 6.19. The van der Waals surface area contributed by atoms with Gasteiger partial charge >= 0.3 is 0 Å².